The highest BCUT2D eigenvalue weighted by atomic mass is 15.0. The fourth-order valence-corrected chi connectivity index (χ4v) is 3.35. The Hall–Kier alpha value is -0.980. The molecule has 15 heavy (non-hydrogen) atoms. The fraction of sp³-hybridized carbons (Fsp3) is 0.571. The van der Waals surface area contributed by atoms with Crippen molar-refractivity contribution in [1.82, 2.24) is 0 Å². The van der Waals surface area contributed by atoms with Crippen LogP contribution in [-0.4, -0.2) is 6.04 Å². The first kappa shape index (κ1) is 9.26. The number of rotatable bonds is 0. The van der Waals surface area contributed by atoms with Crippen LogP contribution in [0.2, 0.25) is 0 Å². The topological polar surface area (TPSA) is 12.0 Å². The van der Waals surface area contributed by atoms with Gasteiger partial charge in [-0.25, -0.2) is 0 Å². The second-order valence-corrected chi connectivity index (χ2v) is 5.19. The Balaban J connectivity index is 2.08. The van der Waals surface area contributed by atoms with E-state index in [0.717, 1.165) is 12.0 Å². The van der Waals surface area contributed by atoms with Crippen molar-refractivity contribution in [2.75, 3.05) is 5.32 Å². The third-order valence-electron chi connectivity index (χ3n) is 4.01. The lowest BCUT2D eigenvalue weighted by Crippen LogP contribution is -2.23. The summed E-state index contributed by atoms with van der Waals surface area (Å²) in [5, 5.41) is 3.73. The van der Waals surface area contributed by atoms with Gasteiger partial charge in [0, 0.05) is 17.6 Å². The highest BCUT2D eigenvalue weighted by Gasteiger charge is 2.34. The third-order valence-corrected chi connectivity index (χ3v) is 4.01. The molecule has 2 atom stereocenters. The van der Waals surface area contributed by atoms with Crippen LogP contribution in [0.15, 0.2) is 12.1 Å². The molecule has 1 heteroatoms. The lowest BCUT2D eigenvalue weighted by Gasteiger charge is -2.25. The molecule has 1 aromatic rings. The molecule has 2 unspecified atom stereocenters. The molecular weight excluding hydrogens is 182 g/mol. The van der Waals surface area contributed by atoms with Gasteiger partial charge in [0.05, 0.1) is 0 Å². The highest BCUT2D eigenvalue weighted by Crippen LogP contribution is 2.45. The zero-order chi connectivity index (χ0) is 10.4. The molecule has 3 rings (SSSR count). The molecule has 0 bridgehead atoms. The molecule has 1 nitrogen and oxygen atoms in total. The number of aryl methyl sites for hydroxylation is 2. The number of nitrogens with one attached hydrogen (secondary N) is 1. The van der Waals surface area contributed by atoms with E-state index in [1.165, 1.54) is 42.5 Å². The summed E-state index contributed by atoms with van der Waals surface area (Å²) in [5.74, 6) is 0.798. The van der Waals surface area contributed by atoms with Crippen molar-refractivity contribution in [3.63, 3.8) is 0 Å². The molecule has 1 saturated carbocycles. The summed E-state index contributed by atoms with van der Waals surface area (Å²) < 4.78 is 0. The highest BCUT2D eigenvalue weighted by molar-refractivity contribution is 5.65. The van der Waals surface area contributed by atoms with E-state index in [1.807, 2.05) is 0 Å². The van der Waals surface area contributed by atoms with E-state index >= 15 is 0 Å². The van der Waals surface area contributed by atoms with Gasteiger partial charge in [-0.1, -0.05) is 30.5 Å². The average molecular weight is 201 g/mol. The van der Waals surface area contributed by atoms with Gasteiger partial charge in [0.15, 0.2) is 0 Å². The molecule has 0 radical (unpaired) electrons. The van der Waals surface area contributed by atoms with E-state index in [1.54, 1.807) is 5.56 Å². The fourth-order valence-electron chi connectivity index (χ4n) is 3.35. The third kappa shape index (κ3) is 1.37. The quantitative estimate of drug-likeness (QED) is 0.674. The Morgan fingerprint density at radius 2 is 1.93 bits per heavy atom. The van der Waals surface area contributed by atoms with Crippen molar-refractivity contribution in [3.05, 3.63) is 28.8 Å². The van der Waals surface area contributed by atoms with Gasteiger partial charge >= 0.3 is 0 Å². The van der Waals surface area contributed by atoms with E-state index < -0.39 is 0 Å². The van der Waals surface area contributed by atoms with Crippen molar-refractivity contribution in [2.45, 2.75) is 51.5 Å². The van der Waals surface area contributed by atoms with Crippen molar-refractivity contribution in [1.29, 1.82) is 0 Å². The van der Waals surface area contributed by atoms with Gasteiger partial charge in [-0.05, 0) is 37.8 Å². The first-order valence-corrected chi connectivity index (χ1v) is 6.13. The Kier molecular flexibility index (Phi) is 2.01. The first-order chi connectivity index (χ1) is 7.25. The van der Waals surface area contributed by atoms with Crippen molar-refractivity contribution in [2.24, 2.45) is 0 Å². The first-order valence-electron chi connectivity index (χ1n) is 6.13. The molecule has 2 aliphatic rings. The standard InChI is InChI=1S/C14H19N/c1-9-7-10(2)14-12(8-9)11-5-3-4-6-13(11)15-14/h7-8,11,13,15H,3-6H2,1-2H3. The summed E-state index contributed by atoms with van der Waals surface area (Å²) in [6, 6.07) is 5.42. The van der Waals surface area contributed by atoms with Crippen molar-refractivity contribution < 1.29 is 0 Å². The molecule has 1 N–H and O–H groups in total. The predicted molar refractivity (Wildman–Crippen MR) is 64.5 cm³/mol. The van der Waals surface area contributed by atoms with Crippen LogP contribution in [0.5, 0.6) is 0 Å². The van der Waals surface area contributed by atoms with Gasteiger partial charge in [0.25, 0.3) is 0 Å². The van der Waals surface area contributed by atoms with Gasteiger partial charge in [-0.15, -0.1) is 0 Å². The molecule has 1 fully saturated rings. The van der Waals surface area contributed by atoms with E-state index in [2.05, 4.69) is 31.3 Å². The lowest BCUT2D eigenvalue weighted by molar-refractivity contribution is 0.422. The van der Waals surface area contributed by atoms with Gasteiger partial charge in [-0.2, -0.15) is 0 Å². The number of anilines is 1. The smallest absolute Gasteiger partial charge is 0.0408 e. The van der Waals surface area contributed by atoms with Crippen molar-refractivity contribution in [3.8, 4) is 0 Å². The molecule has 1 aromatic carbocycles. The Morgan fingerprint density at radius 1 is 1.13 bits per heavy atom. The van der Waals surface area contributed by atoms with E-state index in [9.17, 15) is 0 Å². The predicted octanol–water partition coefficient (Wildman–Crippen LogP) is 3.76. The van der Waals surface area contributed by atoms with E-state index in [0.29, 0.717) is 0 Å². The maximum Gasteiger partial charge on any atom is 0.0408 e. The SMILES string of the molecule is Cc1cc(C)c2c(c1)C1CCCCC1N2. The lowest BCUT2D eigenvalue weighted by atomic mass is 9.82. The number of benzene rings is 1. The molecule has 1 heterocycles. The summed E-state index contributed by atoms with van der Waals surface area (Å²) in [4.78, 5) is 0. The van der Waals surface area contributed by atoms with Crippen LogP contribution in [0, 0.1) is 13.8 Å². The molecule has 0 amide bonds. The molecule has 0 saturated heterocycles. The van der Waals surface area contributed by atoms with Gasteiger partial charge in [0.1, 0.15) is 0 Å². The zero-order valence-electron chi connectivity index (χ0n) is 9.64. The minimum absolute atomic E-state index is 0.731. The van der Waals surface area contributed by atoms with Gasteiger partial charge in [-0.3, -0.25) is 0 Å². The average Bonchev–Trinajstić information content (AvgIpc) is 2.57. The van der Waals surface area contributed by atoms with Gasteiger partial charge < -0.3 is 5.32 Å². The summed E-state index contributed by atoms with van der Waals surface area (Å²) in [6.45, 7) is 4.44. The molecule has 0 aromatic heterocycles. The monoisotopic (exact) mass is 201 g/mol. The van der Waals surface area contributed by atoms with Crippen LogP contribution in [0.4, 0.5) is 5.69 Å². The number of hydrogen-bond donors (Lipinski definition) is 1. The van der Waals surface area contributed by atoms with Crippen LogP contribution in [0.1, 0.15) is 48.3 Å². The second-order valence-electron chi connectivity index (χ2n) is 5.19. The summed E-state index contributed by atoms with van der Waals surface area (Å²) in [7, 11) is 0. The molecule has 80 valence electrons. The van der Waals surface area contributed by atoms with Crippen LogP contribution < -0.4 is 5.32 Å². The Labute approximate surface area is 91.9 Å². The largest absolute Gasteiger partial charge is 0.381 e. The number of hydrogen-bond acceptors (Lipinski definition) is 1. The molecular formula is C14H19N. The minimum atomic E-state index is 0.731. The maximum absolute atomic E-state index is 3.73. The Morgan fingerprint density at radius 3 is 2.80 bits per heavy atom. The second kappa shape index (κ2) is 3.26. The zero-order valence-corrected chi connectivity index (χ0v) is 9.64. The maximum atomic E-state index is 3.73. The Bertz CT molecular complexity index is 395. The van der Waals surface area contributed by atoms with E-state index in [-0.39, 0.29) is 0 Å². The van der Waals surface area contributed by atoms with Gasteiger partial charge in [0.2, 0.25) is 0 Å². The van der Waals surface area contributed by atoms with Crippen LogP contribution >= 0.6 is 0 Å². The summed E-state index contributed by atoms with van der Waals surface area (Å²) in [6.07, 6.45) is 5.56. The molecule has 1 aliphatic heterocycles. The summed E-state index contributed by atoms with van der Waals surface area (Å²) >= 11 is 0. The normalized spacial score (nSPS) is 28.1. The molecule has 1 aliphatic carbocycles. The van der Waals surface area contributed by atoms with Crippen LogP contribution in [0.3, 0.4) is 0 Å². The minimum Gasteiger partial charge on any atom is -0.381 e. The molecule has 0 spiro atoms. The van der Waals surface area contributed by atoms with Crippen molar-refractivity contribution >= 4 is 5.69 Å². The van der Waals surface area contributed by atoms with E-state index in [4.69, 9.17) is 0 Å². The number of fused-ring (bicyclic) bond motifs is 3. The van der Waals surface area contributed by atoms with Crippen LogP contribution in [0.25, 0.3) is 0 Å². The van der Waals surface area contributed by atoms with Crippen LogP contribution in [-0.2, 0) is 0 Å². The summed E-state index contributed by atoms with van der Waals surface area (Å²) in [5.41, 5.74) is 5.88.